The lowest BCUT2D eigenvalue weighted by molar-refractivity contribution is 0.448. The molecule has 0 aliphatic rings. The number of hydrogen-bond donors (Lipinski definition) is 2. The number of aromatic nitrogens is 1. The molecule has 1 heterocycles. The maximum absolute atomic E-state index is 7.56. The smallest absolute Gasteiger partial charge is 0.135 e. The summed E-state index contributed by atoms with van der Waals surface area (Å²) in [5, 5.41) is 7.56. The summed E-state index contributed by atoms with van der Waals surface area (Å²) in [5.41, 5.74) is 11.1. The van der Waals surface area contributed by atoms with Crippen LogP contribution in [0, 0.1) is 11.3 Å². The SMILES string of the molecule is C=C(/C=C(C)\N=C(\C)C(C)CC)Oc1cc(C=N)ccc1-c1ccc(CCN)nc1. The molecule has 0 aliphatic heterocycles. The zero-order chi connectivity index (χ0) is 22.1. The quantitative estimate of drug-likeness (QED) is 0.309. The number of nitrogens with one attached hydrogen (secondary N) is 1. The molecule has 3 N–H and O–H groups in total. The summed E-state index contributed by atoms with van der Waals surface area (Å²) in [4.78, 5) is 9.13. The van der Waals surface area contributed by atoms with Crippen LogP contribution in [0.4, 0.5) is 0 Å². The van der Waals surface area contributed by atoms with Crippen LogP contribution in [0.25, 0.3) is 11.1 Å². The monoisotopic (exact) mass is 404 g/mol. The summed E-state index contributed by atoms with van der Waals surface area (Å²) >= 11 is 0. The standard InChI is InChI=1S/C25H32N4O/c1-6-17(2)20(5)29-18(3)13-19(4)30-25-14-21(15-27)7-10-24(25)22-8-9-23(11-12-26)28-16-22/h7-10,13-17,27H,4,6,11-12,26H2,1-3,5H3/b18-13-,27-15?,29-20-. The van der Waals surface area contributed by atoms with E-state index in [1.54, 1.807) is 0 Å². The summed E-state index contributed by atoms with van der Waals surface area (Å²) in [6.45, 7) is 12.9. The molecule has 0 radical (unpaired) electrons. The molecule has 2 rings (SSSR count). The second-order valence-corrected chi connectivity index (χ2v) is 7.39. The minimum absolute atomic E-state index is 0.438. The highest BCUT2D eigenvalue weighted by molar-refractivity contribution is 5.85. The molecular formula is C25H32N4O. The minimum Gasteiger partial charge on any atom is -0.457 e. The van der Waals surface area contributed by atoms with Crippen molar-refractivity contribution in [2.24, 2.45) is 16.6 Å². The van der Waals surface area contributed by atoms with Gasteiger partial charge >= 0.3 is 0 Å². The molecular weight excluding hydrogens is 372 g/mol. The van der Waals surface area contributed by atoms with Gasteiger partial charge in [0, 0.05) is 53.1 Å². The Morgan fingerprint density at radius 1 is 1.30 bits per heavy atom. The van der Waals surface area contributed by atoms with Crippen LogP contribution < -0.4 is 10.5 Å². The van der Waals surface area contributed by atoms with Gasteiger partial charge in [-0.25, -0.2) is 0 Å². The number of ether oxygens (including phenoxy) is 1. The zero-order valence-corrected chi connectivity index (χ0v) is 18.4. The molecule has 0 saturated heterocycles. The first-order chi connectivity index (χ1) is 14.4. The van der Waals surface area contributed by atoms with E-state index in [4.69, 9.17) is 15.9 Å². The predicted molar refractivity (Wildman–Crippen MR) is 126 cm³/mol. The minimum atomic E-state index is 0.438. The van der Waals surface area contributed by atoms with Gasteiger partial charge in [-0.05, 0) is 56.5 Å². The van der Waals surface area contributed by atoms with E-state index in [9.17, 15) is 0 Å². The Morgan fingerprint density at radius 2 is 2.07 bits per heavy atom. The summed E-state index contributed by atoms with van der Waals surface area (Å²) in [7, 11) is 0. The van der Waals surface area contributed by atoms with Crippen molar-refractivity contribution in [2.45, 2.75) is 40.5 Å². The highest BCUT2D eigenvalue weighted by Gasteiger charge is 2.10. The van der Waals surface area contributed by atoms with Gasteiger partial charge in [-0.1, -0.05) is 32.6 Å². The summed E-state index contributed by atoms with van der Waals surface area (Å²) in [6, 6.07) is 9.63. The van der Waals surface area contributed by atoms with Crippen molar-refractivity contribution in [3.8, 4) is 16.9 Å². The van der Waals surface area contributed by atoms with Gasteiger partial charge in [0.25, 0.3) is 0 Å². The Bertz CT molecular complexity index is 942. The summed E-state index contributed by atoms with van der Waals surface area (Å²) < 4.78 is 6.07. The number of benzene rings is 1. The van der Waals surface area contributed by atoms with E-state index >= 15 is 0 Å². The highest BCUT2D eigenvalue weighted by atomic mass is 16.5. The molecule has 2 aromatic rings. The molecule has 1 aromatic heterocycles. The van der Waals surface area contributed by atoms with Gasteiger partial charge in [0.2, 0.25) is 0 Å². The molecule has 0 fully saturated rings. The van der Waals surface area contributed by atoms with Crippen molar-refractivity contribution in [1.29, 1.82) is 5.41 Å². The molecule has 0 bridgehead atoms. The van der Waals surface area contributed by atoms with E-state index in [-0.39, 0.29) is 0 Å². The Morgan fingerprint density at radius 3 is 2.67 bits per heavy atom. The number of nitrogens with zero attached hydrogens (tertiary/aromatic N) is 2. The van der Waals surface area contributed by atoms with Crippen LogP contribution in [-0.2, 0) is 6.42 Å². The van der Waals surface area contributed by atoms with E-state index in [2.05, 4.69) is 30.4 Å². The van der Waals surface area contributed by atoms with E-state index in [1.165, 1.54) is 6.21 Å². The molecule has 1 unspecified atom stereocenters. The number of pyridine rings is 1. The first-order valence-corrected chi connectivity index (χ1v) is 10.3. The Hall–Kier alpha value is -3.05. The molecule has 0 spiro atoms. The van der Waals surface area contributed by atoms with Gasteiger partial charge in [0.1, 0.15) is 11.5 Å². The highest BCUT2D eigenvalue weighted by Crippen LogP contribution is 2.32. The third kappa shape index (κ3) is 6.49. The van der Waals surface area contributed by atoms with Crippen molar-refractivity contribution in [3.63, 3.8) is 0 Å². The molecule has 0 saturated carbocycles. The van der Waals surface area contributed by atoms with Crippen molar-refractivity contribution < 1.29 is 4.74 Å². The fourth-order valence-electron chi connectivity index (χ4n) is 2.95. The van der Waals surface area contributed by atoms with Crippen LogP contribution in [0.1, 0.15) is 45.4 Å². The number of hydrogen-bond acceptors (Lipinski definition) is 5. The van der Waals surface area contributed by atoms with E-state index in [0.29, 0.717) is 24.0 Å². The molecule has 158 valence electrons. The molecule has 0 aliphatic carbocycles. The maximum atomic E-state index is 7.56. The first-order valence-electron chi connectivity index (χ1n) is 10.3. The second-order valence-electron chi connectivity index (χ2n) is 7.39. The average Bonchev–Trinajstić information content (AvgIpc) is 2.73. The zero-order valence-electron chi connectivity index (χ0n) is 18.4. The second kappa shape index (κ2) is 11.2. The molecule has 0 amide bonds. The number of allylic oxidation sites excluding steroid dienone is 2. The van der Waals surface area contributed by atoms with E-state index in [0.717, 1.165) is 46.6 Å². The Balaban J connectivity index is 2.30. The number of nitrogens with two attached hydrogens (primary N) is 1. The Labute approximate surface area is 179 Å². The van der Waals surface area contributed by atoms with Gasteiger partial charge in [-0.2, -0.15) is 0 Å². The van der Waals surface area contributed by atoms with Crippen LogP contribution in [0.15, 0.2) is 65.6 Å². The van der Waals surface area contributed by atoms with Crippen molar-refractivity contribution in [3.05, 3.63) is 71.9 Å². The van der Waals surface area contributed by atoms with Crippen LogP contribution >= 0.6 is 0 Å². The third-order valence-electron chi connectivity index (χ3n) is 5.00. The van der Waals surface area contributed by atoms with Crippen LogP contribution in [0.5, 0.6) is 5.75 Å². The van der Waals surface area contributed by atoms with Crippen LogP contribution in [-0.4, -0.2) is 23.5 Å². The average molecular weight is 405 g/mol. The largest absolute Gasteiger partial charge is 0.457 e. The van der Waals surface area contributed by atoms with E-state index < -0.39 is 0 Å². The third-order valence-corrected chi connectivity index (χ3v) is 5.00. The Kier molecular flexibility index (Phi) is 8.69. The van der Waals surface area contributed by atoms with Crippen LogP contribution in [0.3, 0.4) is 0 Å². The molecule has 30 heavy (non-hydrogen) atoms. The first kappa shape index (κ1) is 23.2. The summed E-state index contributed by atoms with van der Waals surface area (Å²) in [5.74, 6) is 1.55. The van der Waals surface area contributed by atoms with Gasteiger partial charge < -0.3 is 15.9 Å². The van der Waals surface area contributed by atoms with Gasteiger partial charge in [-0.15, -0.1) is 0 Å². The molecule has 5 heteroatoms. The van der Waals surface area contributed by atoms with Crippen LogP contribution in [0.2, 0.25) is 0 Å². The van der Waals surface area contributed by atoms with Crippen molar-refractivity contribution in [2.75, 3.05) is 6.54 Å². The fraction of sp³-hybridized carbons (Fsp3) is 0.320. The maximum Gasteiger partial charge on any atom is 0.135 e. The number of rotatable bonds is 10. The molecule has 1 atom stereocenters. The summed E-state index contributed by atoms with van der Waals surface area (Å²) in [6.07, 6.45) is 6.74. The van der Waals surface area contributed by atoms with Crippen molar-refractivity contribution in [1.82, 2.24) is 4.98 Å². The van der Waals surface area contributed by atoms with Gasteiger partial charge in [0.05, 0.1) is 0 Å². The van der Waals surface area contributed by atoms with Gasteiger partial charge in [-0.3, -0.25) is 9.98 Å². The number of aliphatic imine (C=N–C) groups is 1. The molecule has 1 aromatic carbocycles. The predicted octanol–water partition coefficient (Wildman–Crippen LogP) is 5.55. The normalized spacial score (nSPS) is 13.1. The van der Waals surface area contributed by atoms with Gasteiger partial charge in [0.15, 0.2) is 0 Å². The molecule has 5 nitrogen and oxygen atoms in total. The fourth-order valence-corrected chi connectivity index (χ4v) is 2.95. The lowest BCUT2D eigenvalue weighted by Gasteiger charge is -2.13. The lowest BCUT2D eigenvalue weighted by atomic mass is 10.0. The van der Waals surface area contributed by atoms with Crippen molar-refractivity contribution >= 4 is 11.9 Å². The lowest BCUT2D eigenvalue weighted by Crippen LogP contribution is -2.05. The van der Waals surface area contributed by atoms with E-state index in [1.807, 2.05) is 56.5 Å². The topological polar surface area (TPSA) is 84.3 Å².